The molecule has 6 nitrogen and oxygen atoms in total. The van der Waals surface area contributed by atoms with Crippen molar-refractivity contribution in [2.75, 3.05) is 39.8 Å². The van der Waals surface area contributed by atoms with Crippen molar-refractivity contribution in [3.05, 3.63) is 47.0 Å². The molecule has 0 saturated carbocycles. The fourth-order valence-corrected chi connectivity index (χ4v) is 2.91. The van der Waals surface area contributed by atoms with Gasteiger partial charge in [-0.15, -0.1) is 0 Å². The minimum atomic E-state index is -0.0738. The minimum Gasteiger partial charge on any atom is -0.496 e. The third-order valence-electron chi connectivity index (χ3n) is 4.42. The van der Waals surface area contributed by atoms with Crippen LogP contribution in [0.2, 0.25) is 0 Å². The second-order valence-corrected chi connectivity index (χ2v) is 6.44. The van der Waals surface area contributed by atoms with E-state index in [1.54, 1.807) is 27.4 Å². The Bertz CT molecular complexity index is 805. The number of benzene rings is 2. The van der Waals surface area contributed by atoms with Crippen molar-refractivity contribution in [2.45, 2.75) is 20.4 Å². The summed E-state index contributed by atoms with van der Waals surface area (Å²) in [7, 11) is 6.65. The number of likely N-dealkylation sites (N-methyl/N-ethyl adjacent to an activating group) is 1. The third-order valence-corrected chi connectivity index (χ3v) is 4.42. The van der Waals surface area contributed by atoms with E-state index in [9.17, 15) is 4.79 Å². The first kappa shape index (κ1) is 20.4. The Morgan fingerprint density at radius 2 is 1.59 bits per heavy atom. The second kappa shape index (κ2) is 9.16. The maximum absolute atomic E-state index is 12.4. The van der Waals surface area contributed by atoms with Gasteiger partial charge in [0.15, 0.2) is 11.5 Å². The zero-order valence-electron chi connectivity index (χ0n) is 16.9. The van der Waals surface area contributed by atoms with Crippen molar-refractivity contribution in [1.29, 1.82) is 0 Å². The van der Waals surface area contributed by atoms with Crippen LogP contribution in [-0.4, -0.2) is 40.8 Å². The molecule has 0 atom stereocenters. The van der Waals surface area contributed by atoms with Crippen LogP contribution in [0.4, 0.5) is 5.69 Å². The molecule has 1 amide bonds. The Morgan fingerprint density at radius 3 is 2.22 bits per heavy atom. The lowest BCUT2D eigenvalue weighted by molar-refractivity contribution is -0.119. The molecule has 0 aromatic heterocycles. The Hall–Kier alpha value is -2.89. The number of hydrogen-bond acceptors (Lipinski definition) is 5. The highest BCUT2D eigenvalue weighted by Gasteiger charge is 2.14. The minimum absolute atomic E-state index is 0.0738. The highest BCUT2D eigenvalue weighted by atomic mass is 16.5. The van der Waals surface area contributed by atoms with E-state index in [0.717, 1.165) is 22.4 Å². The molecule has 0 radical (unpaired) electrons. The summed E-state index contributed by atoms with van der Waals surface area (Å²) in [5, 5.41) is 2.94. The molecule has 1 N–H and O–H groups in total. The van der Waals surface area contributed by atoms with E-state index in [1.807, 2.05) is 31.9 Å². The van der Waals surface area contributed by atoms with E-state index >= 15 is 0 Å². The van der Waals surface area contributed by atoms with Gasteiger partial charge in [-0.1, -0.05) is 12.1 Å². The summed E-state index contributed by atoms with van der Waals surface area (Å²) in [5.41, 5.74) is 4.17. The van der Waals surface area contributed by atoms with Gasteiger partial charge in [0.1, 0.15) is 5.75 Å². The summed E-state index contributed by atoms with van der Waals surface area (Å²) in [5.74, 6) is 1.74. The van der Waals surface area contributed by atoms with Gasteiger partial charge in [0.25, 0.3) is 0 Å². The number of carbonyl (C=O) groups is 1. The fraction of sp³-hybridized carbons (Fsp3) is 0.381. The number of hydrogen-bond donors (Lipinski definition) is 1. The van der Waals surface area contributed by atoms with Gasteiger partial charge in [-0.05, 0) is 37.1 Å². The Labute approximate surface area is 161 Å². The molecule has 0 heterocycles. The van der Waals surface area contributed by atoms with Crippen LogP contribution in [0.3, 0.4) is 0 Å². The highest BCUT2D eigenvalue weighted by Crippen LogP contribution is 2.34. The van der Waals surface area contributed by atoms with E-state index in [4.69, 9.17) is 14.2 Å². The molecule has 0 aliphatic carbocycles. The molecule has 2 aromatic carbocycles. The Kier molecular flexibility index (Phi) is 6.93. The number of nitrogens with one attached hydrogen (secondary N) is 1. The van der Waals surface area contributed by atoms with Crippen LogP contribution >= 0.6 is 0 Å². The lowest BCUT2D eigenvalue weighted by atomic mass is 10.1. The quantitative estimate of drug-likeness (QED) is 0.772. The molecule has 2 aromatic rings. The third kappa shape index (κ3) is 5.06. The number of anilines is 1. The maximum Gasteiger partial charge on any atom is 0.239 e. The number of ether oxygens (including phenoxy) is 3. The first-order valence-electron chi connectivity index (χ1n) is 8.73. The van der Waals surface area contributed by atoms with Crippen molar-refractivity contribution in [2.24, 2.45) is 0 Å². The molecule has 0 spiro atoms. The summed E-state index contributed by atoms with van der Waals surface area (Å²) in [4.78, 5) is 14.4. The van der Waals surface area contributed by atoms with Crippen LogP contribution in [0.15, 0.2) is 30.3 Å². The predicted octanol–water partition coefficient (Wildman–Crippen LogP) is 3.08. The Morgan fingerprint density at radius 1 is 0.963 bits per heavy atom. The lowest BCUT2D eigenvalue weighted by Gasteiger charge is -2.21. The number of carbonyl (C=O) groups excluding carboxylic acids is 1. The molecule has 0 bridgehead atoms. The number of rotatable bonds is 8. The number of nitrogens with zero attached hydrogens (tertiary/aromatic N) is 1. The van der Waals surface area contributed by atoms with Crippen LogP contribution in [0, 0.1) is 13.8 Å². The summed E-state index contributed by atoms with van der Waals surface area (Å²) in [6, 6.07) is 9.78. The van der Waals surface area contributed by atoms with Crippen molar-refractivity contribution in [3.63, 3.8) is 0 Å². The molecule has 2 rings (SSSR count). The normalized spacial score (nSPS) is 10.3. The zero-order valence-corrected chi connectivity index (χ0v) is 16.9. The predicted molar refractivity (Wildman–Crippen MR) is 107 cm³/mol. The van der Waals surface area contributed by atoms with E-state index < -0.39 is 0 Å². The molecule has 0 aliphatic heterocycles. The zero-order chi connectivity index (χ0) is 20.0. The number of methoxy groups -OCH3 is 3. The van der Waals surface area contributed by atoms with Gasteiger partial charge < -0.3 is 24.4 Å². The SMILES string of the molecule is COc1cc(OC)c(OC)cc1CNC(=O)CN(C)c1cc(C)ccc1C. The van der Waals surface area contributed by atoms with Gasteiger partial charge in [-0.2, -0.15) is 0 Å². The van der Waals surface area contributed by atoms with Crippen molar-refractivity contribution < 1.29 is 19.0 Å². The molecule has 0 unspecified atom stereocenters. The average Bonchev–Trinajstić information content (AvgIpc) is 2.67. The molecule has 0 aliphatic rings. The van der Waals surface area contributed by atoms with E-state index in [-0.39, 0.29) is 12.5 Å². The van der Waals surface area contributed by atoms with Gasteiger partial charge in [0.05, 0.1) is 27.9 Å². The van der Waals surface area contributed by atoms with Crippen molar-refractivity contribution in [1.82, 2.24) is 5.32 Å². The smallest absolute Gasteiger partial charge is 0.239 e. The summed E-state index contributed by atoms with van der Waals surface area (Å²) >= 11 is 0. The highest BCUT2D eigenvalue weighted by molar-refractivity contribution is 5.81. The topological polar surface area (TPSA) is 60.0 Å². The summed E-state index contributed by atoms with van der Waals surface area (Å²) in [6.45, 7) is 4.68. The molecule has 27 heavy (non-hydrogen) atoms. The molecule has 6 heteroatoms. The van der Waals surface area contributed by atoms with Gasteiger partial charge in [-0.3, -0.25) is 4.79 Å². The van der Waals surface area contributed by atoms with Gasteiger partial charge in [-0.25, -0.2) is 0 Å². The Balaban J connectivity index is 2.06. The van der Waals surface area contributed by atoms with E-state index in [0.29, 0.717) is 23.8 Å². The second-order valence-electron chi connectivity index (χ2n) is 6.44. The van der Waals surface area contributed by atoms with Gasteiger partial charge in [0.2, 0.25) is 5.91 Å². The number of amides is 1. The van der Waals surface area contributed by atoms with Crippen LogP contribution in [0.1, 0.15) is 16.7 Å². The largest absolute Gasteiger partial charge is 0.496 e. The lowest BCUT2D eigenvalue weighted by Crippen LogP contribution is -2.35. The monoisotopic (exact) mass is 372 g/mol. The fourth-order valence-electron chi connectivity index (χ4n) is 2.91. The average molecular weight is 372 g/mol. The van der Waals surface area contributed by atoms with E-state index in [2.05, 4.69) is 23.5 Å². The van der Waals surface area contributed by atoms with Gasteiger partial charge >= 0.3 is 0 Å². The van der Waals surface area contributed by atoms with Crippen LogP contribution in [0.5, 0.6) is 17.2 Å². The summed E-state index contributed by atoms with van der Waals surface area (Å²) < 4.78 is 16.0. The van der Waals surface area contributed by atoms with Crippen LogP contribution < -0.4 is 24.4 Å². The molecular weight excluding hydrogens is 344 g/mol. The van der Waals surface area contributed by atoms with Crippen LogP contribution in [-0.2, 0) is 11.3 Å². The van der Waals surface area contributed by atoms with Gasteiger partial charge in [0, 0.05) is 30.9 Å². The molecular formula is C21H28N2O4. The van der Waals surface area contributed by atoms with Crippen molar-refractivity contribution in [3.8, 4) is 17.2 Å². The molecule has 0 saturated heterocycles. The summed E-state index contributed by atoms with van der Waals surface area (Å²) in [6.07, 6.45) is 0. The van der Waals surface area contributed by atoms with E-state index in [1.165, 1.54) is 0 Å². The van der Waals surface area contributed by atoms with Crippen molar-refractivity contribution >= 4 is 11.6 Å². The maximum atomic E-state index is 12.4. The molecule has 0 fully saturated rings. The molecule has 146 valence electrons. The standard InChI is InChI=1S/C21H28N2O4/c1-14-7-8-15(2)17(9-14)23(3)13-21(24)22-12-16-10-19(26-5)20(27-6)11-18(16)25-4/h7-11H,12-13H2,1-6H3,(H,22,24). The van der Waals surface area contributed by atoms with Crippen LogP contribution in [0.25, 0.3) is 0 Å². The first-order chi connectivity index (χ1) is 12.9. The number of aryl methyl sites for hydroxylation is 2. The first-order valence-corrected chi connectivity index (χ1v) is 8.73.